The predicted octanol–water partition coefficient (Wildman–Crippen LogP) is 2.10. The molecule has 2 heterocycles. The topological polar surface area (TPSA) is 110 Å². The van der Waals surface area contributed by atoms with Gasteiger partial charge >= 0.3 is 0 Å². The molecule has 0 bridgehead atoms. The number of amides is 2. The molecule has 33 heavy (non-hydrogen) atoms. The van der Waals surface area contributed by atoms with Crippen LogP contribution in [0, 0.1) is 0 Å². The van der Waals surface area contributed by atoms with Crippen molar-refractivity contribution in [3.8, 4) is 5.75 Å². The monoisotopic (exact) mass is 443 g/mol. The summed E-state index contributed by atoms with van der Waals surface area (Å²) in [6.45, 7) is 0.329. The predicted molar refractivity (Wildman–Crippen MR) is 119 cm³/mol. The molecule has 4 aromatic rings. The van der Waals surface area contributed by atoms with Crippen molar-refractivity contribution in [1.29, 1.82) is 0 Å². The smallest absolute Gasteiger partial charge is 0.261 e. The fraction of sp³-hybridized carbons (Fsp3) is 0.208. The molecule has 1 aliphatic rings. The van der Waals surface area contributed by atoms with E-state index < -0.39 is 6.10 Å². The van der Waals surface area contributed by atoms with Gasteiger partial charge in [0, 0.05) is 18.4 Å². The van der Waals surface area contributed by atoms with Crippen molar-refractivity contribution in [3.05, 3.63) is 83.7 Å². The zero-order valence-electron chi connectivity index (χ0n) is 17.7. The summed E-state index contributed by atoms with van der Waals surface area (Å²) in [7, 11) is 0. The van der Waals surface area contributed by atoms with E-state index in [-0.39, 0.29) is 37.9 Å². The van der Waals surface area contributed by atoms with Gasteiger partial charge in [-0.1, -0.05) is 48.5 Å². The second-order valence-electron chi connectivity index (χ2n) is 7.76. The maximum absolute atomic E-state index is 12.4. The number of carbonyl (C=O) groups is 2. The van der Waals surface area contributed by atoms with E-state index in [9.17, 15) is 14.7 Å². The summed E-state index contributed by atoms with van der Waals surface area (Å²) in [5, 5.41) is 24.6. The first-order chi connectivity index (χ1) is 16.1. The fourth-order valence-electron chi connectivity index (χ4n) is 3.86. The average molecular weight is 443 g/mol. The Balaban J connectivity index is 1.15. The molecule has 3 aromatic carbocycles. The van der Waals surface area contributed by atoms with Crippen LogP contribution in [0.4, 0.5) is 0 Å². The van der Waals surface area contributed by atoms with E-state index in [2.05, 4.69) is 15.4 Å². The second-order valence-corrected chi connectivity index (χ2v) is 7.76. The van der Waals surface area contributed by atoms with E-state index in [4.69, 9.17) is 4.74 Å². The molecule has 5 rings (SSSR count). The highest BCUT2D eigenvalue weighted by atomic mass is 16.5. The van der Waals surface area contributed by atoms with E-state index >= 15 is 0 Å². The largest absolute Gasteiger partial charge is 0.490 e. The molecule has 1 N–H and O–H groups in total. The Morgan fingerprint density at radius 3 is 2.39 bits per heavy atom. The lowest BCUT2D eigenvalue weighted by Gasteiger charge is -2.13. The Morgan fingerprint density at radius 2 is 1.61 bits per heavy atom. The third kappa shape index (κ3) is 4.18. The SMILES string of the molecule is O=C1c2ccccc2C(=O)N1CCc1nnn(C[C@@H](O)COc2cccc3ccccc23)n1. The summed E-state index contributed by atoms with van der Waals surface area (Å²) in [6.07, 6.45) is -0.573. The molecule has 0 fully saturated rings. The second kappa shape index (κ2) is 8.79. The molecule has 0 saturated heterocycles. The molecule has 1 atom stereocenters. The fourth-order valence-corrected chi connectivity index (χ4v) is 3.86. The van der Waals surface area contributed by atoms with Crippen LogP contribution in [0.3, 0.4) is 0 Å². The molecular formula is C24H21N5O4. The van der Waals surface area contributed by atoms with Crippen molar-refractivity contribution in [3.63, 3.8) is 0 Å². The number of ether oxygens (including phenoxy) is 1. The van der Waals surface area contributed by atoms with Gasteiger partial charge in [0.15, 0.2) is 5.82 Å². The molecule has 0 saturated carbocycles. The molecule has 1 aromatic heterocycles. The van der Waals surface area contributed by atoms with Crippen LogP contribution in [0.1, 0.15) is 26.5 Å². The number of fused-ring (bicyclic) bond motifs is 2. The Hall–Kier alpha value is -4.11. The molecule has 9 nitrogen and oxygen atoms in total. The maximum atomic E-state index is 12.4. The van der Waals surface area contributed by atoms with Crippen molar-refractivity contribution in [2.75, 3.05) is 13.2 Å². The lowest BCUT2D eigenvalue weighted by Crippen LogP contribution is -2.32. The standard InChI is InChI=1S/C24H21N5O4/c30-17(15-33-21-11-5-7-16-6-1-2-8-18(16)21)14-29-26-22(25-27-29)12-13-28-23(31)19-9-3-4-10-20(19)24(28)32/h1-11,17,30H,12-15H2/t17-/m1/s1. The van der Waals surface area contributed by atoms with Crippen molar-refractivity contribution < 1.29 is 19.4 Å². The molecule has 0 unspecified atom stereocenters. The molecule has 0 radical (unpaired) electrons. The highest BCUT2D eigenvalue weighted by Crippen LogP contribution is 2.25. The first-order valence-electron chi connectivity index (χ1n) is 10.6. The molecule has 166 valence electrons. The van der Waals surface area contributed by atoms with Gasteiger partial charge in [-0.3, -0.25) is 14.5 Å². The van der Waals surface area contributed by atoms with E-state index in [1.165, 1.54) is 9.70 Å². The number of rotatable bonds is 8. The lowest BCUT2D eigenvalue weighted by molar-refractivity contribution is 0.0655. The third-order valence-electron chi connectivity index (χ3n) is 5.49. The lowest BCUT2D eigenvalue weighted by atomic mass is 10.1. The number of nitrogens with zero attached hydrogens (tertiary/aromatic N) is 5. The number of aromatic nitrogens is 4. The van der Waals surface area contributed by atoms with Gasteiger partial charge in [0.1, 0.15) is 18.5 Å². The van der Waals surface area contributed by atoms with Crippen molar-refractivity contribution in [2.45, 2.75) is 19.1 Å². The van der Waals surface area contributed by atoms with Crippen LogP contribution in [-0.2, 0) is 13.0 Å². The van der Waals surface area contributed by atoms with Crippen LogP contribution in [0.15, 0.2) is 66.7 Å². The van der Waals surface area contributed by atoms with Gasteiger partial charge in [0.25, 0.3) is 11.8 Å². The summed E-state index contributed by atoms with van der Waals surface area (Å²) >= 11 is 0. The van der Waals surface area contributed by atoms with Gasteiger partial charge < -0.3 is 9.84 Å². The van der Waals surface area contributed by atoms with Crippen LogP contribution >= 0.6 is 0 Å². The van der Waals surface area contributed by atoms with Crippen LogP contribution in [-0.4, -0.2) is 61.3 Å². The first-order valence-corrected chi connectivity index (χ1v) is 10.6. The number of hydrogen-bond acceptors (Lipinski definition) is 7. The minimum Gasteiger partial charge on any atom is -0.490 e. The van der Waals surface area contributed by atoms with Gasteiger partial charge in [0.05, 0.1) is 17.7 Å². The van der Waals surface area contributed by atoms with Gasteiger partial charge in [-0.15, -0.1) is 10.2 Å². The van der Waals surface area contributed by atoms with Gasteiger partial charge in [0.2, 0.25) is 0 Å². The number of tetrazole rings is 1. The number of benzene rings is 3. The van der Waals surface area contributed by atoms with Crippen molar-refractivity contribution >= 4 is 22.6 Å². The summed E-state index contributed by atoms with van der Waals surface area (Å²) in [5.74, 6) is 0.446. The zero-order chi connectivity index (χ0) is 22.8. The molecule has 2 amide bonds. The number of aliphatic hydroxyl groups excluding tert-OH is 1. The van der Waals surface area contributed by atoms with Gasteiger partial charge in [-0.2, -0.15) is 4.80 Å². The summed E-state index contributed by atoms with van der Waals surface area (Å²) in [5.41, 5.74) is 0.821. The van der Waals surface area contributed by atoms with Gasteiger partial charge in [-0.25, -0.2) is 0 Å². The molecule has 0 spiro atoms. The van der Waals surface area contributed by atoms with E-state index in [1.807, 2.05) is 42.5 Å². The summed E-state index contributed by atoms with van der Waals surface area (Å²) in [4.78, 5) is 27.4. The number of imide groups is 1. The molecular weight excluding hydrogens is 422 g/mol. The number of aliphatic hydroxyl groups is 1. The average Bonchev–Trinajstić information content (AvgIpc) is 3.38. The Bertz CT molecular complexity index is 1290. The molecule has 9 heteroatoms. The van der Waals surface area contributed by atoms with E-state index in [1.54, 1.807) is 24.3 Å². The van der Waals surface area contributed by atoms with E-state index in [0.717, 1.165) is 10.8 Å². The minimum absolute atomic E-state index is 0.0694. The number of carbonyl (C=O) groups excluding carboxylic acids is 2. The Labute approximate surface area is 189 Å². The number of hydrogen-bond donors (Lipinski definition) is 1. The van der Waals surface area contributed by atoms with Crippen LogP contribution in [0.5, 0.6) is 5.75 Å². The Morgan fingerprint density at radius 1 is 0.909 bits per heavy atom. The highest BCUT2D eigenvalue weighted by molar-refractivity contribution is 6.21. The minimum atomic E-state index is -0.845. The maximum Gasteiger partial charge on any atom is 0.261 e. The van der Waals surface area contributed by atoms with Crippen molar-refractivity contribution in [2.24, 2.45) is 0 Å². The quantitative estimate of drug-likeness (QED) is 0.415. The van der Waals surface area contributed by atoms with E-state index in [0.29, 0.717) is 22.7 Å². The third-order valence-corrected chi connectivity index (χ3v) is 5.49. The first kappa shape index (κ1) is 20.8. The van der Waals surface area contributed by atoms with Crippen LogP contribution in [0.25, 0.3) is 10.8 Å². The van der Waals surface area contributed by atoms with Gasteiger partial charge in [-0.05, 0) is 28.8 Å². The molecule has 0 aliphatic carbocycles. The van der Waals surface area contributed by atoms with Crippen LogP contribution < -0.4 is 4.74 Å². The normalized spacial score (nSPS) is 14.0. The summed E-state index contributed by atoms with van der Waals surface area (Å²) in [6, 6.07) is 20.4. The molecule has 1 aliphatic heterocycles. The Kier molecular flexibility index (Phi) is 5.54. The highest BCUT2D eigenvalue weighted by Gasteiger charge is 2.34. The summed E-state index contributed by atoms with van der Waals surface area (Å²) < 4.78 is 5.81. The van der Waals surface area contributed by atoms with Crippen LogP contribution in [0.2, 0.25) is 0 Å². The zero-order valence-corrected chi connectivity index (χ0v) is 17.7. The van der Waals surface area contributed by atoms with Crippen molar-refractivity contribution in [1.82, 2.24) is 25.1 Å².